The van der Waals surface area contributed by atoms with Crippen LogP contribution in [0.3, 0.4) is 0 Å². The van der Waals surface area contributed by atoms with Gasteiger partial charge in [-0.2, -0.15) is 0 Å². The molecule has 0 spiro atoms. The van der Waals surface area contributed by atoms with Crippen LogP contribution in [0.2, 0.25) is 0 Å². The molecule has 1 fully saturated rings. The van der Waals surface area contributed by atoms with Crippen molar-refractivity contribution < 1.29 is 14.5 Å². The summed E-state index contributed by atoms with van der Waals surface area (Å²) in [6.45, 7) is 4.92. The Morgan fingerprint density at radius 2 is 1.72 bits per heavy atom. The molecule has 0 N–H and O–H groups in total. The third kappa shape index (κ3) is 4.66. The quantitative estimate of drug-likeness (QED) is 0.434. The zero-order valence-electron chi connectivity index (χ0n) is 17.7. The van der Waals surface area contributed by atoms with E-state index in [0.717, 1.165) is 22.8 Å². The fourth-order valence-corrected chi connectivity index (χ4v) is 3.61. The highest BCUT2D eigenvalue weighted by molar-refractivity contribution is 5.94. The number of hydrogen-bond donors (Lipinski definition) is 0. The van der Waals surface area contributed by atoms with Crippen molar-refractivity contribution >= 4 is 17.4 Å². The Labute approximate surface area is 185 Å². The molecule has 1 amide bonds. The van der Waals surface area contributed by atoms with Crippen LogP contribution in [0.4, 0.5) is 11.5 Å². The predicted molar refractivity (Wildman–Crippen MR) is 120 cm³/mol. The summed E-state index contributed by atoms with van der Waals surface area (Å²) >= 11 is 0. The average molecular weight is 433 g/mol. The van der Waals surface area contributed by atoms with E-state index in [-0.39, 0.29) is 11.6 Å². The van der Waals surface area contributed by atoms with Crippen molar-refractivity contribution in [2.24, 2.45) is 0 Å². The van der Waals surface area contributed by atoms with Gasteiger partial charge in [-0.1, -0.05) is 0 Å². The molecule has 4 rings (SSSR count). The molecule has 2 aromatic carbocycles. The molecule has 2 heterocycles. The third-order valence-electron chi connectivity index (χ3n) is 5.33. The summed E-state index contributed by atoms with van der Waals surface area (Å²) in [6.07, 6.45) is 1.55. The molecule has 32 heavy (non-hydrogen) atoms. The molecule has 0 unspecified atom stereocenters. The summed E-state index contributed by atoms with van der Waals surface area (Å²) in [5, 5.41) is 10.8. The number of benzene rings is 2. The molecule has 1 aliphatic heterocycles. The van der Waals surface area contributed by atoms with Crippen LogP contribution < -0.4 is 9.64 Å². The van der Waals surface area contributed by atoms with Crippen LogP contribution in [0, 0.1) is 10.1 Å². The number of ether oxygens (including phenoxy) is 1. The van der Waals surface area contributed by atoms with Gasteiger partial charge in [-0.15, -0.1) is 0 Å². The Hall–Kier alpha value is -4.01. The molecule has 1 saturated heterocycles. The Balaban J connectivity index is 1.40. The van der Waals surface area contributed by atoms with Gasteiger partial charge in [0, 0.05) is 55.5 Å². The summed E-state index contributed by atoms with van der Waals surface area (Å²) in [6, 6.07) is 15.4. The topological polar surface area (TPSA) is 102 Å². The number of amides is 1. The number of nitro groups is 1. The number of carbonyl (C=O) groups is 1. The Morgan fingerprint density at radius 3 is 2.34 bits per heavy atom. The number of piperazine rings is 1. The van der Waals surface area contributed by atoms with Crippen LogP contribution >= 0.6 is 0 Å². The smallest absolute Gasteiger partial charge is 0.269 e. The summed E-state index contributed by atoms with van der Waals surface area (Å²) in [5.74, 6) is 1.50. The van der Waals surface area contributed by atoms with Crippen molar-refractivity contribution in [3.63, 3.8) is 0 Å². The van der Waals surface area contributed by atoms with Crippen LogP contribution in [-0.2, 0) is 0 Å². The molecule has 0 atom stereocenters. The van der Waals surface area contributed by atoms with Gasteiger partial charge in [-0.3, -0.25) is 14.9 Å². The van der Waals surface area contributed by atoms with Gasteiger partial charge >= 0.3 is 0 Å². The number of non-ortho nitro benzene ring substituents is 1. The van der Waals surface area contributed by atoms with Gasteiger partial charge in [0.25, 0.3) is 11.6 Å². The van der Waals surface area contributed by atoms with E-state index in [9.17, 15) is 14.9 Å². The van der Waals surface area contributed by atoms with Gasteiger partial charge in [-0.05, 0) is 43.3 Å². The lowest BCUT2D eigenvalue weighted by Gasteiger charge is -2.35. The fraction of sp³-hybridized carbons (Fsp3) is 0.261. The van der Waals surface area contributed by atoms with Gasteiger partial charge < -0.3 is 14.5 Å². The second kappa shape index (κ2) is 9.42. The van der Waals surface area contributed by atoms with Crippen molar-refractivity contribution in [1.29, 1.82) is 0 Å². The normalized spacial score (nSPS) is 13.7. The van der Waals surface area contributed by atoms with Crippen LogP contribution in [0.1, 0.15) is 17.3 Å². The van der Waals surface area contributed by atoms with Crippen LogP contribution in [0.5, 0.6) is 5.75 Å². The van der Waals surface area contributed by atoms with E-state index >= 15 is 0 Å². The maximum atomic E-state index is 12.7. The molecule has 3 aromatic rings. The van der Waals surface area contributed by atoms with Crippen molar-refractivity contribution in [1.82, 2.24) is 14.9 Å². The van der Waals surface area contributed by atoms with Crippen LogP contribution in [0.15, 0.2) is 60.9 Å². The summed E-state index contributed by atoms with van der Waals surface area (Å²) < 4.78 is 5.49. The van der Waals surface area contributed by atoms with Crippen molar-refractivity contribution in [3.8, 4) is 17.0 Å². The van der Waals surface area contributed by atoms with Gasteiger partial charge in [0.05, 0.1) is 17.2 Å². The average Bonchev–Trinajstić information content (AvgIpc) is 2.84. The molecule has 9 heteroatoms. The minimum atomic E-state index is -0.476. The molecule has 164 valence electrons. The van der Waals surface area contributed by atoms with Gasteiger partial charge in [-0.25, -0.2) is 9.97 Å². The first-order valence-corrected chi connectivity index (χ1v) is 10.4. The first kappa shape index (κ1) is 21.2. The minimum absolute atomic E-state index is 0.0292. The largest absolute Gasteiger partial charge is 0.494 e. The first-order chi connectivity index (χ1) is 15.5. The molecule has 0 radical (unpaired) electrons. The summed E-state index contributed by atoms with van der Waals surface area (Å²) in [5.41, 5.74) is 2.22. The monoisotopic (exact) mass is 433 g/mol. The lowest BCUT2D eigenvalue weighted by molar-refractivity contribution is -0.384. The highest BCUT2D eigenvalue weighted by atomic mass is 16.6. The standard InChI is InChI=1S/C23H23N5O4/c1-2-32-20-9-5-17(6-10-20)21-15-22(25-16-24-21)26-11-13-27(14-12-26)23(29)18-3-7-19(8-4-18)28(30)31/h3-10,15-16H,2,11-14H2,1H3. The predicted octanol–water partition coefficient (Wildman–Crippen LogP) is 3.41. The minimum Gasteiger partial charge on any atom is -0.494 e. The van der Waals surface area contributed by atoms with Crippen LogP contribution in [-0.4, -0.2) is 58.5 Å². The Bertz CT molecular complexity index is 1090. The molecule has 9 nitrogen and oxygen atoms in total. The second-order valence-electron chi connectivity index (χ2n) is 7.30. The summed E-state index contributed by atoms with van der Waals surface area (Å²) in [7, 11) is 0. The molecule has 1 aromatic heterocycles. The van der Waals surface area contributed by atoms with E-state index in [2.05, 4.69) is 14.9 Å². The number of carbonyl (C=O) groups excluding carboxylic acids is 1. The van der Waals surface area contributed by atoms with E-state index in [1.54, 1.807) is 11.2 Å². The molecule has 0 saturated carbocycles. The molecule has 0 bridgehead atoms. The lowest BCUT2D eigenvalue weighted by atomic mass is 10.1. The fourth-order valence-electron chi connectivity index (χ4n) is 3.61. The number of hydrogen-bond acceptors (Lipinski definition) is 7. The van der Waals surface area contributed by atoms with E-state index in [4.69, 9.17) is 4.74 Å². The SMILES string of the molecule is CCOc1ccc(-c2cc(N3CCN(C(=O)c4ccc([N+](=O)[O-])cc4)CC3)ncn2)cc1. The number of nitrogens with zero attached hydrogens (tertiary/aromatic N) is 5. The Morgan fingerprint density at radius 1 is 1.03 bits per heavy atom. The zero-order valence-corrected chi connectivity index (χ0v) is 17.7. The molecular weight excluding hydrogens is 410 g/mol. The van der Waals surface area contributed by atoms with E-state index < -0.39 is 4.92 Å². The summed E-state index contributed by atoms with van der Waals surface area (Å²) in [4.78, 5) is 35.7. The van der Waals surface area contributed by atoms with Crippen molar-refractivity contribution in [2.45, 2.75) is 6.92 Å². The van der Waals surface area contributed by atoms with Crippen LogP contribution in [0.25, 0.3) is 11.3 Å². The van der Waals surface area contributed by atoms with Gasteiger partial charge in [0.1, 0.15) is 17.9 Å². The first-order valence-electron chi connectivity index (χ1n) is 10.4. The van der Waals surface area contributed by atoms with E-state index in [0.29, 0.717) is 38.3 Å². The number of anilines is 1. The van der Waals surface area contributed by atoms with Gasteiger partial charge in [0.2, 0.25) is 0 Å². The van der Waals surface area contributed by atoms with Gasteiger partial charge in [0.15, 0.2) is 0 Å². The number of aromatic nitrogens is 2. The van der Waals surface area contributed by atoms with E-state index in [1.807, 2.05) is 37.3 Å². The van der Waals surface area contributed by atoms with Crippen molar-refractivity contribution in [3.05, 3.63) is 76.6 Å². The molecular formula is C23H23N5O4. The molecule has 1 aliphatic rings. The highest BCUT2D eigenvalue weighted by Gasteiger charge is 2.23. The van der Waals surface area contributed by atoms with E-state index in [1.165, 1.54) is 24.3 Å². The Kier molecular flexibility index (Phi) is 6.25. The lowest BCUT2D eigenvalue weighted by Crippen LogP contribution is -2.49. The second-order valence-corrected chi connectivity index (χ2v) is 7.30. The number of nitro benzene ring substituents is 1. The molecule has 0 aliphatic carbocycles. The van der Waals surface area contributed by atoms with Crippen molar-refractivity contribution in [2.75, 3.05) is 37.7 Å². The third-order valence-corrected chi connectivity index (χ3v) is 5.33. The number of rotatable bonds is 6. The highest BCUT2D eigenvalue weighted by Crippen LogP contribution is 2.24. The zero-order chi connectivity index (χ0) is 22.5. The maximum Gasteiger partial charge on any atom is 0.269 e. The maximum absolute atomic E-state index is 12.7.